The van der Waals surface area contributed by atoms with Gasteiger partial charge in [-0.05, 0) is 37.6 Å². The molecule has 0 unspecified atom stereocenters. The average molecular weight is 506 g/mol. The minimum Gasteiger partial charge on any atom is -0.464 e. The summed E-state index contributed by atoms with van der Waals surface area (Å²) in [6.45, 7) is 2.61. The maximum absolute atomic E-state index is 13.5. The standard InChI is InChI=1S/C22H20F6N2O5/c1-12-6-5-7-16(19(30-33-4)20(31)32-3)17(12)11-34-29-13(2)15-9-8-14(35-22(26,27)28)10-18(15)21(23,24)25/h5-10H,11H2,1-4H3/b29-13+,30-19+. The Morgan fingerprint density at radius 1 is 0.971 bits per heavy atom. The summed E-state index contributed by atoms with van der Waals surface area (Å²) in [7, 11) is 2.38. The van der Waals surface area contributed by atoms with Crippen LogP contribution < -0.4 is 4.74 Å². The van der Waals surface area contributed by atoms with E-state index in [1.165, 1.54) is 20.1 Å². The Morgan fingerprint density at radius 3 is 2.23 bits per heavy atom. The second-order valence-electron chi connectivity index (χ2n) is 6.92. The molecule has 0 aliphatic rings. The first-order valence-corrected chi connectivity index (χ1v) is 9.70. The number of ether oxygens (including phenoxy) is 2. The molecule has 2 aromatic carbocycles. The SMILES string of the molecule is CO/N=C(/C(=O)OC)c1cccc(C)c1CO/N=C(\C)c1ccc(OC(F)(F)F)cc1C(F)(F)F. The van der Waals surface area contributed by atoms with E-state index in [0.717, 1.165) is 19.2 Å². The summed E-state index contributed by atoms with van der Waals surface area (Å²) >= 11 is 0. The molecule has 0 aliphatic carbocycles. The molecule has 0 fully saturated rings. The van der Waals surface area contributed by atoms with Crippen molar-refractivity contribution < 1.29 is 50.3 Å². The molecule has 0 N–H and O–H groups in total. The van der Waals surface area contributed by atoms with E-state index in [9.17, 15) is 31.1 Å². The lowest BCUT2D eigenvalue weighted by Gasteiger charge is -2.16. The lowest BCUT2D eigenvalue weighted by molar-refractivity contribution is -0.274. The van der Waals surface area contributed by atoms with Crippen molar-refractivity contribution in [2.75, 3.05) is 14.2 Å². The van der Waals surface area contributed by atoms with Crippen LogP contribution in [-0.2, 0) is 32.0 Å². The third kappa shape index (κ3) is 7.36. The molecule has 7 nitrogen and oxygen atoms in total. The predicted molar refractivity (Wildman–Crippen MR) is 112 cm³/mol. The Morgan fingerprint density at radius 2 is 1.66 bits per heavy atom. The highest BCUT2D eigenvalue weighted by atomic mass is 19.4. The molecule has 0 heterocycles. The molecule has 35 heavy (non-hydrogen) atoms. The van der Waals surface area contributed by atoms with Gasteiger partial charge in [0.05, 0.1) is 18.4 Å². The molecule has 0 radical (unpaired) electrons. The number of halogens is 6. The Kier molecular flexibility index (Phi) is 8.72. The monoisotopic (exact) mass is 506 g/mol. The van der Waals surface area contributed by atoms with Crippen LogP contribution in [0.3, 0.4) is 0 Å². The zero-order valence-corrected chi connectivity index (χ0v) is 18.9. The number of methoxy groups -OCH3 is 1. The Bertz CT molecular complexity index is 1130. The van der Waals surface area contributed by atoms with E-state index in [4.69, 9.17) is 14.4 Å². The fraction of sp³-hybridized carbons (Fsp3) is 0.318. The van der Waals surface area contributed by atoms with Gasteiger partial charge in [0.1, 0.15) is 19.5 Å². The topological polar surface area (TPSA) is 78.7 Å². The van der Waals surface area contributed by atoms with Crippen molar-refractivity contribution in [3.05, 3.63) is 64.2 Å². The lowest BCUT2D eigenvalue weighted by Crippen LogP contribution is -2.20. The Hall–Kier alpha value is -3.77. The fourth-order valence-corrected chi connectivity index (χ4v) is 3.01. The van der Waals surface area contributed by atoms with Crippen LogP contribution in [0, 0.1) is 6.92 Å². The number of aryl methyl sites for hydroxylation is 1. The number of hydrogen-bond donors (Lipinski definition) is 0. The van der Waals surface area contributed by atoms with Gasteiger partial charge in [0, 0.05) is 16.7 Å². The number of alkyl halides is 6. The summed E-state index contributed by atoms with van der Waals surface area (Å²) in [6.07, 6.45) is -10.1. The smallest absolute Gasteiger partial charge is 0.464 e. The van der Waals surface area contributed by atoms with Gasteiger partial charge in [-0.3, -0.25) is 0 Å². The first kappa shape index (κ1) is 27.5. The van der Waals surface area contributed by atoms with Gasteiger partial charge in [0.15, 0.2) is 5.71 Å². The normalized spacial score (nSPS) is 12.9. The van der Waals surface area contributed by atoms with Gasteiger partial charge in [-0.25, -0.2) is 4.79 Å². The molecule has 0 spiro atoms. The summed E-state index contributed by atoms with van der Waals surface area (Å²) in [6, 6.07) is 6.63. The van der Waals surface area contributed by atoms with Crippen molar-refractivity contribution in [1.29, 1.82) is 0 Å². The lowest BCUT2D eigenvalue weighted by atomic mass is 9.99. The molecule has 0 atom stereocenters. The van der Waals surface area contributed by atoms with Crippen molar-refractivity contribution in [2.45, 2.75) is 33.0 Å². The number of nitrogens with zero attached hydrogens (tertiary/aromatic N) is 2. The molecular formula is C22H20F6N2O5. The third-order valence-electron chi connectivity index (χ3n) is 4.56. The molecule has 13 heteroatoms. The van der Waals surface area contributed by atoms with Crippen LogP contribution in [0.15, 0.2) is 46.7 Å². The van der Waals surface area contributed by atoms with Crippen molar-refractivity contribution in [3.63, 3.8) is 0 Å². The van der Waals surface area contributed by atoms with Crippen LogP contribution in [0.1, 0.15) is 34.7 Å². The van der Waals surface area contributed by atoms with Crippen LogP contribution in [0.25, 0.3) is 0 Å². The van der Waals surface area contributed by atoms with E-state index < -0.39 is 35.4 Å². The maximum atomic E-state index is 13.5. The highest BCUT2D eigenvalue weighted by molar-refractivity contribution is 6.43. The predicted octanol–water partition coefficient (Wildman–Crippen LogP) is 5.38. The largest absolute Gasteiger partial charge is 0.573 e. The van der Waals surface area contributed by atoms with E-state index in [-0.39, 0.29) is 29.7 Å². The van der Waals surface area contributed by atoms with E-state index in [1.807, 2.05) is 0 Å². The zero-order valence-electron chi connectivity index (χ0n) is 18.9. The fourth-order valence-electron chi connectivity index (χ4n) is 3.01. The van der Waals surface area contributed by atoms with E-state index in [1.54, 1.807) is 19.1 Å². The minimum atomic E-state index is -5.16. The van der Waals surface area contributed by atoms with E-state index >= 15 is 0 Å². The molecular weight excluding hydrogens is 486 g/mol. The first-order valence-electron chi connectivity index (χ1n) is 9.70. The molecule has 2 aromatic rings. The summed E-state index contributed by atoms with van der Waals surface area (Å²) in [4.78, 5) is 22.0. The third-order valence-corrected chi connectivity index (χ3v) is 4.56. The van der Waals surface area contributed by atoms with Crippen LogP contribution in [0.2, 0.25) is 0 Å². The van der Waals surface area contributed by atoms with Crippen LogP contribution in [0.4, 0.5) is 26.3 Å². The maximum Gasteiger partial charge on any atom is 0.573 e. The second kappa shape index (κ2) is 11.1. The molecule has 0 aliphatic heterocycles. The number of rotatable bonds is 8. The molecule has 0 saturated heterocycles. The van der Waals surface area contributed by atoms with Gasteiger partial charge < -0.3 is 19.1 Å². The van der Waals surface area contributed by atoms with Crippen LogP contribution in [0.5, 0.6) is 5.75 Å². The van der Waals surface area contributed by atoms with Crippen LogP contribution >= 0.6 is 0 Å². The summed E-state index contributed by atoms with van der Waals surface area (Å²) in [5.74, 6) is -1.83. The van der Waals surface area contributed by atoms with Crippen LogP contribution in [-0.4, -0.2) is 38.0 Å². The van der Waals surface area contributed by atoms with E-state index in [0.29, 0.717) is 11.1 Å². The number of benzene rings is 2. The molecule has 0 aromatic heterocycles. The number of carbonyl (C=O) groups is 1. The number of hydrogen-bond acceptors (Lipinski definition) is 7. The van der Waals surface area contributed by atoms with Gasteiger partial charge in [-0.1, -0.05) is 28.5 Å². The summed E-state index contributed by atoms with van der Waals surface area (Å²) in [5, 5.41) is 7.35. The molecule has 0 saturated carbocycles. The number of carbonyl (C=O) groups excluding carboxylic acids is 1. The van der Waals surface area contributed by atoms with Gasteiger partial charge in [-0.15, -0.1) is 13.2 Å². The van der Waals surface area contributed by atoms with E-state index in [2.05, 4.69) is 15.0 Å². The number of oxime groups is 2. The van der Waals surface area contributed by atoms with Crippen molar-refractivity contribution in [2.24, 2.45) is 10.3 Å². The quantitative estimate of drug-likeness (QED) is 0.208. The highest BCUT2D eigenvalue weighted by Gasteiger charge is 2.37. The summed E-state index contributed by atoms with van der Waals surface area (Å²) < 4.78 is 85.9. The van der Waals surface area contributed by atoms with Gasteiger partial charge in [0.25, 0.3) is 0 Å². The molecule has 0 bridgehead atoms. The van der Waals surface area contributed by atoms with Gasteiger partial charge in [-0.2, -0.15) is 13.2 Å². The zero-order chi connectivity index (χ0) is 26.4. The van der Waals surface area contributed by atoms with Crippen molar-refractivity contribution in [3.8, 4) is 5.75 Å². The molecule has 2 rings (SSSR count). The Balaban J connectivity index is 2.38. The van der Waals surface area contributed by atoms with Gasteiger partial charge >= 0.3 is 18.5 Å². The van der Waals surface area contributed by atoms with Crippen molar-refractivity contribution in [1.82, 2.24) is 0 Å². The number of esters is 1. The molecule has 190 valence electrons. The molecule has 0 amide bonds. The van der Waals surface area contributed by atoms with Gasteiger partial charge in [0.2, 0.25) is 0 Å². The minimum absolute atomic E-state index is 0.169. The second-order valence-corrected chi connectivity index (χ2v) is 6.92. The van der Waals surface area contributed by atoms with Crippen molar-refractivity contribution >= 4 is 17.4 Å². The first-order chi connectivity index (χ1) is 16.3. The summed E-state index contributed by atoms with van der Waals surface area (Å²) in [5.41, 5.74) is -0.962. The highest BCUT2D eigenvalue weighted by Crippen LogP contribution is 2.36. The Labute approximate surface area is 195 Å². The average Bonchev–Trinajstić information content (AvgIpc) is 2.76.